The number of para-hydroxylation sites is 4. The van der Waals surface area contributed by atoms with Crippen LogP contribution in [0.25, 0.3) is 189 Å². The lowest BCUT2D eigenvalue weighted by Crippen LogP contribution is -2.09. The van der Waals surface area contributed by atoms with Crippen molar-refractivity contribution in [1.29, 1.82) is 0 Å². The molecule has 0 radical (unpaired) electrons. The van der Waals surface area contributed by atoms with Crippen molar-refractivity contribution >= 4 is 77.7 Å². The van der Waals surface area contributed by atoms with Gasteiger partial charge < -0.3 is 18.9 Å². The van der Waals surface area contributed by atoms with Crippen LogP contribution in [0.4, 0.5) is 34.1 Å². The zero-order chi connectivity index (χ0) is 109. The van der Waals surface area contributed by atoms with Crippen molar-refractivity contribution in [1.82, 2.24) is 9.13 Å². The monoisotopic (exact) mass is 1750 g/mol. The van der Waals surface area contributed by atoms with Crippen LogP contribution in [0.2, 0.25) is 0 Å². The summed E-state index contributed by atoms with van der Waals surface area (Å²) in [5.41, 5.74) is 21.4. The topological polar surface area (TPSA) is 16.3 Å². The Balaban J connectivity index is 0.000000172. The van der Waals surface area contributed by atoms with Gasteiger partial charge in [-0.3, -0.25) is 0 Å². The van der Waals surface area contributed by atoms with Crippen LogP contribution in [-0.4, -0.2) is 9.13 Å². The Morgan fingerprint density at radius 1 is 0.140 bits per heavy atom. The Morgan fingerprint density at radius 3 is 0.706 bits per heavy atom. The molecule has 0 spiro atoms. The van der Waals surface area contributed by atoms with Gasteiger partial charge in [0.2, 0.25) is 0 Å². The quantitative estimate of drug-likeness (QED) is 0.0756. The largest absolute Gasteiger partial charge is 0.311 e. The van der Waals surface area contributed by atoms with E-state index in [0.717, 1.165) is 149 Å². The average Bonchev–Trinajstić information content (AvgIpc) is 1.71. The first-order valence-electron chi connectivity index (χ1n) is 55.5. The van der Waals surface area contributed by atoms with E-state index in [1.165, 1.54) is 0 Å². The van der Waals surface area contributed by atoms with Gasteiger partial charge in [0.15, 0.2) is 0 Å². The number of nitrogens with zero attached hydrogens (tertiary/aromatic N) is 4. The maximum Gasteiger partial charge on any atom is 0.0645 e. The average molecular weight is 1760 g/mol. The second kappa shape index (κ2) is 37.1. The Hall–Kier alpha value is -18.0. The van der Waals surface area contributed by atoms with E-state index < -0.39 is 136 Å². The Labute approximate surface area is 823 Å². The van der Waals surface area contributed by atoms with Crippen LogP contribution in [0.15, 0.2) is 558 Å². The fourth-order valence-electron chi connectivity index (χ4n) is 18.3. The SMILES string of the molecule is [2H]c1c([2H])c(N(c2ccc(-c3ccc(-c4ccccc4)cc3)cc2)c2ccc(-c3ccccc3-c3ccccc3)cc2)c([2H])c([2H])c1-c1ccc2c(c1)c1ccccc1n2-c1ccccc1-c1ccccc1.[2H]c1c([2H])c([2H])c(-c2c([2H])c([2H])c(-c3c([2H])c([2H])c(N(c4ccc(-c5ccccc5-c5ccccc5)cc4)c4c([2H])c([2H])c(-c5ccc6c(c5)c5ccccc5n6-c5ccccc5-c5ccccc5)c([2H])c4[2H])c([2H])c3[2H])c([2H])c2[2H])c([2H])c1[2H]. The van der Waals surface area contributed by atoms with E-state index in [0.29, 0.717) is 22.5 Å². The highest BCUT2D eigenvalue weighted by molar-refractivity contribution is 6.13. The minimum Gasteiger partial charge on any atom is -0.311 e. The number of anilines is 6. The lowest BCUT2D eigenvalue weighted by Gasteiger charge is -2.26. The molecule has 0 atom stereocenters. The molecule has 0 aliphatic carbocycles. The van der Waals surface area contributed by atoms with Gasteiger partial charge in [-0.15, -0.1) is 0 Å². The standard InChI is InChI=1S/2C66H46N2/c2*1-4-16-47(17-5-1)48-28-30-49(31-29-48)50-32-39-56(40-33-50)67(58-43-36-54(37-44-58)60-23-11-10-22-59(60)52-18-6-2-7-19-52)57-41-34-51(35-42-57)55-38-45-66-63(46-55)62-25-13-15-27-65(62)68(66)64-26-14-12-24-61(64)53-20-8-3-9-21-53/h2*1-46H/i1D,4D,5D,16D,17D,28D,29D,30D,31D,32D,33D,34D,35D,39D,40D,41D,42D;34D,35D,41D,42D. The fourth-order valence-corrected chi connectivity index (χ4v) is 18.3. The number of fused-ring (bicyclic) bond motifs is 6. The zero-order valence-electron chi connectivity index (χ0n) is 94.3. The number of hydrogen-bond donors (Lipinski definition) is 0. The van der Waals surface area contributed by atoms with E-state index >= 15 is 0 Å². The van der Waals surface area contributed by atoms with E-state index in [9.17, 15) is 19.2 Å². The first kappa shape index (κ1) is 62.3. The molecule has 0 fully saturated rings. The molecule has 0 bridgehead atoms. The number of aromatic nitrogens is 2. The maximum absolute atomic E-state index is 9.85. The zero-order valence-corrected chi connectivity index (χ0v) is 73.3. The molecule has 24 rings (SSSR count). The van der Waals surface area contributed by atoms with Gasteiger partial charge >= 0.3 is 0 Å². The third kappa shape index (κ3) is 16.4. The first-order chi connectivity index (χ1) is 76.2. The van der Waals surface area contributed by atoms with Crippen LogP contribution in [-0.2, 0) is 0 Å². The number of benzene rings is 22. The van der Waals surface area contributed by atoms with E-state index in [4.69, 9.17) is 9.60 Å². The molecule has 0 unspecified atom stereocenters. The molecule has 136 heavy (non-hydrogen) atoms. The highest BCUT2D eigenvalue weighted by Gasteiger charge is 2.23. The number of hydrogen-bond acceptors (Lipinski definition) is 2. The van der Waals surface area contributed by atoms with Gasteiger partial charge in [0.05, 0.1) is 62.2 Å². The van der Waals surface area contributed by atoms with Crippen LogP contribution >= 0.6 is 0 Å². The highest BCUT2D eigenvalue weighted by Crippen LogP contribution is 2.47. The van der Waals surface area contributed by atoms with E-state index in [1.54, 1.807) is 30.3 Å². The lowest BCUT2D eigenvalue weighted by atomic mass is 9.94. The van der Waals surface area contributed by atoms with E-state index in [1.807, 2.05) is 248 Å². The molecule has 0 saturated heterocycles. The van der Waals surface area contributed by atoms with Gasteiger partial charge in [-0.2, -0.15) is 0 Å². The molecule has 0 aliphatic heterocycles. The van der Waals surface area contributed by atoms with Crippen LogP contribution in [0.5, 0.6) is 0 Å². The summed E-state index contributed by atoms with van der Waals surface area (Å²) < 4.78 is 199. The van der Waals surface area contributed by atoms with Crippen molar-refractivity contribution in [2.24, 2.45) is 0 Å². The van der Waals surface area contributed by atoms with E-state index in [2.05, 4.69) is 167 Å². The van der Waals surface area contributed by atoms with Crippen molar-refractivity contribution in [3.05, 3.63) is 558 Å². The summed E-state index contributed by atoms with van der Waals surface area (Å²) in [5.74, 6) is 0. The molecule has 4 nitrogen and oxygen atoms in total. The van der Waals surface area contributed by atoms with Crippen molar-refractivity contribution in [2.45, 2.75) is 0 Å². The minimum absolute atomic E-state index is 0.0414. The molecule has 0 saturated carbocycles. The van der Waals surface area contributed by atoms with Crippen molar-refractivity contribution in [2.75, 3.05) is 9.80 Å². The number of rotatable bonds is 20. The summed E-state index contributed by atoms with van der Waals surface area (Å²) in [7, 11) is 0. The van der Waals surface area contributed by atoms with Gasteiger partial charge in [0.25, 0.3) is 0 Å². The fraction of sp³-hybridized carbons (Fsp3) is 0. The molecule has 2 heterocycles. The predicted molar refractivity (Wildman–Crippen MR) is 576 cm³/mol. The molecule has 4 heteroatoms. The molecule has 2 aromatic heterocycles. The summed E-state index contributed by atoms with van der Waals surface area (Å²) in [6.45, 7) is 0. The molecule has 640 valence electrons. The smallest absolute Gasteiger partial charge is 0.0645 e. The van der Waals surface area contributed by atoms with E-state index in [-0.39, 0.29) is 46.7 Å². The van der Waals surface area contributed by atoms with Gasteiger partial charge in [-0.25, -0.2) is 0 Å². The van der Waals surface area contributed by atoms with Crippen LogP contribution < -0.4 is 9.80 Å². The summed E-state index contributed by atoms with van der Waals surface area (Å²) in [5, 5.41) is 3.64. The van der Waals surface area contributed by atoms with Crippen molar-refractivity contribution in [3.63, 3.8) is 0 Å². The second-order valence-corrected chi connectivity index (χ2v) is 32.9. The molecule has 0 aliphatic rings. The lowest BCUT2D eigenvalue weighted by molar-refractivity contribution is 1.18. The summed E-state index contributed by atoms with van der Waals surface area (Å²) in [6.07, 6.45) is 0. The second-order valence-electron chi connectivity index (χ2n) is 32.9. The van der Waals surface area contributed by atoms with Gasteiger partial charge in [0.1, 0.15) is 0 Å². The van der Waals surface area contributed by atoms with Crippen LogP contribution in [0.1, 0.15) is 28.8 Å². The maximum atomic E-state index is 9.85. The molecular weight excluding hydrogens is 1640 g/mol. The Morgan fingerprint density at radius 2 is 0.360 bits per heavy atom. The third-order valence-electron chi connectivity index (χ3n) is 24.9. The predicted octanol–water partition coefficient (Wildman–Crippen LogP) is 36.5. The van der Waals surface area contributed by atoms with Gasteiger partial charge in [-0.1, -0.05) is 436 Å². The molecular formula is C132H92N4. The minimum atomic E-state index is -0.880. The Kier molecular flexibility index (Phi) is 17.0. The van der Waals surface area contributed by atoms with Gasteiger partial charge in [0, 0.05) is 66.8 Å². The molecule has 0 N–H and O–H groups in total. The van der Waals surface area contributed by atoms with Crippen LogP contribution in [0, 0.1) is 0 Å². The Bertz CT molecular complexity index is 9640. The molecule has 22 aromatic carbocycles. The van der Waals surface area contributed by atoms with Crippen LogP contribution in [0.3, 0.4) is 0 Å². The van der Waals surface area contributed by atoms with Crippen molar-refractivity contribution < 1.29 is 28.8 Å². The summed E-state index contributed by atoms with van der Waals surface area (Å²) >= 11 is 0. The normalized spacial score (nSPS) is 13.4. The van der Waals surface area contributed by atoms with Gasteiger partial charge in [-0.05, 0) is 244 Å². The molecule has 24 aromatic rings. The van der Waals surface area contributed by atoms with Crippen molar-refractivity contribution in [3.8, 4) is 145 Å². The third-order valence-corrected chi connectivity index (χ3v) is 24.9. The highest BCUT2D eigenvalue weighted by atomic mass is 15.1. The molecule has 0 amide bonds. The summed E-state index contributed by atoms with van der Waals surface area (Å²) in [4.78, 5) is 3.00. The summed E-state index contributed by atoms with van der Waals surface area (Å²) in [6, 6.07) is 129. The first-order valence-corrected chi connectivity index (χ1v) is 45.0.